The highest BCUT2D eigenvalue weighted by Crippen LogP contribution is 2.19. The second-order valence-corrected chi connectivity index (χ2v) is 6.66. The van der Waals surface area contributed by atoms with E-state index < -0.39 is 0 Å². The van der Waals surface area contributed by atoms with Gasteiger partial charge in [-0.1, -0.05) is 0 Å². The van der Waals surface area contributed by atoms with E-state index >= 15 is 0 Å². The number of morpholine rings is 1. The number of ether oxygens (including phenoxy) is 1. The van der Waals surface area contributed by atoms with Crippen LogP contribution >= 0.6 is 11.3 Å². The number of rotatable bonds is 5. The van der Waals surface area contributed by atoms with Gasteiger partial charge in [0.05, 0.1) is 25.5 Å². The molecular formula is C15H21N5O2S. The molecule has 23 heavy (non-hydrogen) atoms. The zero-order chi connectivity index (χ0) is 16.2. The number of likely N-dealkylation sites (N-methyl/N-ethyl adjacent to an activating group) is 1. The lowest BCUT2D eigenvalue weighted by Gasteiger charge is -2.33. The second kappa shape index (κ2) is 7.20. The number of amides is 1. The molecular weight excluding hydrogens is 314 g/mol. The van der Waals surface area contributed by atoms with Crippen LogP contribution < -0.4 is 4.90 Å². The van der Waals surface area contributed by atoms with Gasteiger partial charge in [0.25, 0.3) is 5.91 Å². The number of aromatic nitrogens is 3. The number of aryl methyl sites for hydroxylation is 1. The second-order valence-electron chi connectivity index (χ2n) is 5.79. The van der Waals surface area contributed by atoms with Crippen molar-refractivity contribution in [3.8, 4) is 0 Å². The highest BCUT2D eigenvalue weighted by Gasteiger charge is 2.26. The van der Waals surface area contributed by atoms with Crippen molar-refractivity contribution in [3.05, 3.63) is 29.5 Å². The lowest BCUT2D eigenvalue weighted by atomic mass is 10.2. The molecule has 0 spiro atoms. The highest BCUT2D eigenvalue weighted by atomic mass is 32.1. The van der Waals surface area contributed by atoms with Gasteiger partial charge in [-0.05, 0) is 19.5 Å². The fraction of sp³-hybridized carbons (Fsp3) is 0.533. The minimum absolute atomic E-state index is 0.000887. The van der Waals surface area contributed by atoms with Crippen LogP contribution in [0.25, 0.3) is 0 Å². The summed E-state index contributed by atoms with van der Waals surface area (Å²) in [6, 6.07) is 0. The Labute approximate surface area is 139 Å². The Morgan fingerprint density at radius 1 is 1.57 bits per heavy atom. The minimum Gasteiger partial charge on any atom is -0.374 e. The summed E-state index contributed by atoms with van der Waals surface area (Å²) in [6.45, 7) is 5.11. The molecule has 8 heteroatoms. The van der Waals surface area contributed by atoms with Crippen LogP contribution in [0.2, 0.25) is 0 Å². The maximum Gasteiger partial charge on any atom is 0.250 e. The lowest BCUT2D eigenvalue weighted by molar-refractivity contribution is -0.120. The van der Waals surface area contributed by atoms with Crippen molar-refractivity contribution in [3.63, 3.8) is 0 Å². The Morgan fingerprint density at radius 2 is 2.43 bits per heavy atom. The average Bonchev–Trinajstić information content (AvgIpc) is 3.17. The Kier molecular flexibility index (Phi) is 5.04. The quantitative estimate of drug-likeness (QED) is 0.816. The standard InChI is InChI=1S/C15H21N5O2S/c1-12-7-17-19(8-12)11-14(21)20(15-16-3-6-23-15)10-13-9-18(2)4-5-22-13/h3,6-8,13H,4-5,9-11H2,1-2H3. The van der Waals surface area contributed by atoms with Gasteiger partial charge in [0.15, 0.2) is 5.13 Å². The first-order valence-electron chi connectivity index (χ1n) is 7.61. The molecule has 1 fully saturated rings. The van der Waals surface area contributed by atoms with Crippen molar-refractivity contribution < 1.29 is 9.53 Å². The number of carbonyl (C=O) groups excluding carboxylic acids is 1. The van der Waals surface area contributed by atoms with Gasteiger partial charge in [0, 0.05) is 30.9 Å². The summed E-state index contributed by atoms with van der Waals surface area (Å²) in [7, 11) is 2.07. The molecule has 1 amide bonds. The molecule has 0 bridgehead atoms. The third kappa shape index (κ3) is 4.15. The monoisotopic (exact) mass is 335 g/mol. The normalized spacial score (nSPS) is 19.0. The van der Waals surface area contributed by atoms with E-state index in [4.69, 9.17) is 4.74 Å². The lowest BCUT2D eigenvalue weighted by Crippen LogP contribution is -2.48. The van der Waals surface area contributed by atoms with Crippen LogP contribution in [0.4, 0.5) is 5.13 Å². The molecule has 0 aromatic carbocycles. The predicted molar refractivity (Wildman–Crippen MR) is 88.7 cm³/mol. The zero-order valence-electron chi connectivity index (χ0n) is 13.4. The molecule has 1 atom stereocenters. The van der Waals surface area contributed by atoms with Crippen molar-refractivity contribution in [2.45, 2.75) is 19.6 Å². The molecule has 1 unspecified atom stereocenters. The minimum atomic E-state index is -0.0279. The van der Waals surface area contributed by atoms with E-state index in [1.165, 1.54) is 11.3 Å². The van der Waals surface area contributed by atoms with Crippen molar-refractivity contribution >= 4 is 22.4 Å². The molecule has 1 aliphatic heterocycles. The molecule has 2 aromatic rings. The average molecular weight is 335 g/mol. The summed E-state index contributed by atoms with van der Waals surface area (Å²) >= 11 is 1.46. The number of thiazole rings is 1. The van der Waals surface area contributed by atoms with Crippen LogP contribution in [-0.4, -0.2) is 65.0 Å². The summed E-state index contributed by atoms with van der Waals surface area (Å²) in [6.07, 6.45) is 5.33. The molecule has 2 aromatic heterocycles. The molecule has 0 saturated carbocycles. The van der Waals surface area contributed by atoms with Gasteiger partial charge in [-0.25, -0.2) is 4.98 Å². The molecule has 3 rings (SSSR count). The SMILES string of the molecule is Cc1cnn(CC(=O)N(CC2CN(C)CCO2)c2nccs2)c1. The summed E-state index contributed by atoms with van der Waals surface area (Å²) < 4.78 is 7.46. The van der Waals surface area contributed by atoms with E-state index in [1.807, 2.05) is 18.5 Å². The first kappa shape index (κ1) is 16.1. The first-order valence-corrected chi connectivity index (χ1v) is 8.49. The van der Waals surface area contributed by atoms with Crippen LogP contribution in [0, 0.1) is 6.92 Å². The van der Waals surface area contributed by atoms with Gasteiger partial charge in [-0.2, -0.15) is 5.10 Å². The summed E-state index contributed by atoms with van der Waals surface area (Å²) in [5, 5.41) is 6.77. The molecule has 124 valence electrons. The van der Waals surface area contributed by atoms with Gasteiger partial charge < -0.3 is 9.64 Å². The topological polar surface area (TPSA) is 63.5 Å². The number of hydrogen-bond donors (Lipinski definition) is 0. The third-order valence-electron chi connectivity index (χ3n) is 3.74. The molecule has 1 aliphatic rings. The van der Waals surface area contributed by atoms with Crippen LogP contribution in [0.15, 0.2) is 24.0 Å². The van der Waals surface area contributed by atoms with Crippen LogP contribution in [0.1, 0.15) is 5.56 Å². The molecule has 7 nitrogen and oxygen atoms in total. The molecule has 0 aliphatic carbocycles. The number of nitrogens with zero attached hydrogens (tertiary/aromatic N) is 5. The third-order valence-corrected chi connectivity index (χ3v) is 4.53. The number of hydrogen-bond acceptors (Lipinski definition) is 6. The van der Waals surface area contributed by atoms with E-state index in [9.17, 15) is 4.79 Å². The maximum atomic E-state index is 12.7. The van der Waals surface area contributed by atoms with Crippen LogP contribution in [-0.2, 0) is 16.1 Å². The van der Waals surface area contributed by atoms with Gasteiger partial charge in [0.1, 0.15) is 6.54 Å². The maximum absolute atomic E-state index is 12.7. The molecule has 1 saturated heterocycles. The van der Waals surface area contributed by atoms with E-state index in [2.05, 4.69) is 22.0 Å². The highest BCUT2D eigenvalue weighted by molar-refractivity contribution is 7.13. The summed E-state index contributed by atoms with van der Waals surface area (Å²) in [5.74, 6) is -0.0279. The molecule has 0 radical (unpaired) electrons. The first-order chi connectivity index (χ1) is 11.1. The predicted octanol–water partition coefficient (Wildman–Crippen LogP) is 1.01. The Morgan fingerprint density at radius 3 is 3.09 bits per heavy atom. The smallest absolute Gasteiger partial charge is 0.250 e. The fourth-order valence-electron chi connectivity index (χ4n) is 2.59. The van der Waals surface area contributed by atoms with Gasteiger partial charge >= 0.3 is 0 Å². The number of carbonyl (C=O) groups is 1. The van der Waals surface area contributed by atoms with Crippen LogP contribution in [0.5, 0.6) is 0 Å². The summed E-state index contributed by atoms with van der Waals surface area (Å²) in [4.78, 5) is 21.0. The molecule has 3 heterocycles. The van der Waals surface area contributed by atoms with E-state index in [1.54, 1.807) is 22.0 Å². The van der Waals surface area contributed by atoms with Crippen LogP contribution in [0.3, 0.4) is 0 Å². The number of anilines is 1. The van der Waals surface area contributed by atoms with Gasteiger partial charge in [-0.15, -0.1) is 11.3 Å². The zero-order valence-corrected chi connectivity index (χ0v) is 14.2. The molecule has 0 N–H and O–H groups in total. The van der Waals surface area contributed by atoms with Crippen molar-refractivity contribution in [2.24, 2.45) is 0 Å². The summed E-state index contributed by atoms with van der Waals surface area (Å²) in [5.41, 5.74) is 1.04. The van der Waals surface area contributed by atoms with Crippen molar-refractivity contribution in [1.29, 1.82) is 0 Å². The van der Waals surface area contributed by atoms with Gasteiger partial charge in [-0.3, -0.25) is 14.4 Å². The van der Waals surface area contributed by atoms with E-state index in [0.717, 1.165) is 18.7 Å². The van der Waals surface area contributed by atoms with Gasteiger partial charge in [0.2, 0.25) is 0 Å². The largest absolute Gasteiger partial charge is 0.374 e. The fourth-order valence-corrected chi connectivity index (χ4v) is 3.26. The Bertz CT molecular complexity index is 642. The van der Waals surface area contributed by atoms with Crippen molar-refractivity contribution in [1.82, 2.24) is 19.7 Å². The van der Waals surface area contributed by atoms with E-state index in [-0.39, 0.29) is 18.6 Å². The Hall–Kier alpha value is -1.77. The van der Waals surface area contributed by atoms with Crippen molar-refractivity contribution in [2.75, 3.05) is 38.2 Å². The Balaban J connectivity index is 1.71. The van der Waals surface area contributed by atoms with E-state index in [0.29, 0.717) is 18.3 Å².